The Balaban J connectivity index is 1.84. The minimum absolute atomic E-state index is 0.0372. The summed E-state index contributed by atoms with van der Waals surface area (Å²) in [5.74, 6) is -1.30. The van der Waals surface area contributed by atoms with Gasteiger partial charge >= 0.3 is 5.97 Å². The van der Waals surface area contributed by atoms with Gasteiger partial charge in [0, 0.05) is 25.4 Å². The van der Waals surface area contributed by atoms with Crippen LogP contribution in [0.4, 0.5) is 0 Å². The monoisotopic (exact) mass is 263 g/mol. The summed E-state index contributed by atoms with van der Waals surface area (Å²) in [6.45, 7) is 0. The Labute approximate surface area is 111 Å². The van der Waals surface area contributed by atoms with Gasteiger partial charge in [-0.05, 0) is 31.4 Å². The second-order valence-electron chi connectivity index (χ2n) is 4.77. The summed E-state index contributed by atoms with van der Waals surface area (Å²) in [4.78, 5) is 22.5. The summed E-state index contributed by atoms with van der Waals surface area (Å²) in [6.07, 6.45) is 6.66. The number of amides is 1. The maximum Gasteiger partial charge on any atom is 0.306 e. The average Bonchev–Trinajstić information content (AvgIpc) is 2.96. The van der Waals surface area contributed by atoms with Gasteiger partial charge in [-0.3, -0.25) is 14.3 Å². The molecule has 1 fully saturated rings. The van der Waals surface area contributed by atoms with Crippen molar-refractivity contribution in [1.29, 1.82) is 0 Å². The molecule has 0 unspecified atom stereocenters. The van der Waals surface area contributed by atoms with Gasteiger partial charge in [0.2, 0.25) is 5.91 Å². The van der Waals surface area contributed by atoms with Crippen LogP contribution in [-0.2, 0) is 16.6 Å². The van der Waals surface area contributed by atoms with Crippen molar-refractivity contribution in [1.82, 2.24) is 15.1 Å². The number of nitrogens with zero attached hydrogens (tertiary/aromatic N) is 2. The molecular formula is C13H17N3O3. The lowest BCUT2D eigenvalue weighted by Gasteiger charge is -2.10. The molecule has 102 valence electrons. The molecule has 1 aromatic rings. The number of hydrogen-bond donors (Lipinski definition) is 2. The van der Waals surface area contributed by atoms with Crippen LogP contribution in [0.2, 0.25) is 0 Å². The predicted molar refractivity (Wildman–Crippen MR) is 69.1 cm³/mol. The third kappa shape index (κ3) is 3.43. The van der Waals surface area contributed by atoms with E-state index in [0.717, 1.165) is 12.1 Å². The quantitative estimate of drug-likeness (QED) is 0.787. The number of carbonyl (C=O) groups excluding carboxylic acids is 1. The van der Waals surface area contributed by atoms with Gasteiger partial charge in [-0.15, -0.1) is 0 Å². The van der Waals surface area contributed by atoms with Gasteiger partial charge in [0.15, 0.2) is 0 Å². The van der Waals surface area contributed by atoms with Gasteiger partial charge in [0.1, 0.15) is 0 Å². The third-order valence-corrected chi connectivity index (χ3v) is 3.39. The van der Waals surface area contributed by atoms with E-state index >= 15 is 0 Å². The van der Waals surface area contributed by atoms with Crippen molar-refractivity contribution in [2.45, 2.75) is 25.3 Å². The predicted octanol–water partition coefficient (Wildman–Crippen LogP) is 0.803. The Morgan fingerprint density at radius 1 is 1.53 bits per heavy atom. The number of aliphatic carboxylic acids is 1. The molecule has 0 bridgehead atoms. The van der Waals surface area contributed by atoms with Crippen molar-refractivity contribution in [2.24, 2.45) is 13.0 Å². The molecule has 1 saturated carbocycles. The first-order chi connectivity index (χ1) is 9.06. The normalized spacial score (nSPS) is 22.8. The highest BCUT2D eigenvalue weighted by molar-refractivity contribution is 5.91. The van der Waals surface area contributed by atoms with Crippen molar-refractivity contribution in [3.63, 3.8) is 0 Å². The van der Waals surface area contributed by atoms with Crippen LogP contribution < -0.4 is 5.32 Å². The zero-order chi connectivity index (χ0) is 13.8. The van der Waals surface area contributed by atoms with E-state index in [-0.39, 0.29) is 17.9 Å². The first-order valence-corrected chi connectivity index (χ1v) is 6.25. The minimum Gasteiger partial charge on any atom is -0.481 e. The largest absolute Gasteiger partial charge is 0.481 e. The van der Waals surface area contributed by atoms with E-state index in [1.54, 1.807) is 30.1 Å². The van der Waals surface area contributed by atoms with Crippen LogP contribution in [0.25, 0.3) is 6.08 Å². The molecule has 1 aliphatic rings. The van der Waals surface area contributed by atoms with Crippen LogP contribution in [0.5, 0.6) is 0 Å². The molecule has 2 N–H and O–H groups in total. The van der Waals surface area contributed by atoms with Gasteiger partial charge in [0.25, 0.3) is 0 Å². The zero-order valence-electron chi connectivity index (χ0n) is 10.7. The van der Waals surface area contributed by atoms with Gasteiger partial charge in [-0.2, -0.15) is 5.10 Å². The van der Waals surface area contributed by atoms with E-state index < -0.39 is 5.97 Å². The lowest BCUT2D eigenvalue weighted by molar-refractivity contribution is -0.141. The summed E-state index contributed by atoms with van der Waals surface area (Å²) in [6, 6.07) is 1.77. The Kier molecular flexibility index (Phi) is 3.99. The van der Waals surface area contributed by atoms with Crippen LogP contribution >= 0.6 is 0 Å². The Hall–Kier alpha value is -2.11. The summed E-state index contributed by atoms with van der Waals surface area (Å²) in [7, 11) is 1.80. The topological polar surface area (TPSA) is 84.2 Å². The maximum absolute atomic E-state index is 11.7. The number of carbonyl (C=O) groups is 2. The van der Waals surface area contributed by atoms with E-state index in [4.69, 9.17) is 5.11 Å². The number of aryl methyl sites for hydroxylation is 1. The number of hydrogen-bond acceptors (Lipinski definition) is 3. The van der Waals surface area contributed by atoms with E-state index in [1.807, 2.05) is 0 Å². The molecule has 1 heterocycles. The molecule has 0 aromatic carbocycles. The highest BCUT2D eigenvalue weighted by atomic mass is 16.4. The third-order valence-electron chi connectivity index (χ3n) is 3.39. The van der Waals surface area contributed by atoms with Gasteiger partial charge in [0.05, 0.1) is 11.6 Å². The van der Waals surface area contributed by atoms with E-state index in [0.29, 0.717) is 12.8 Å². The van der Waals surface area contributed by atoms with Crippen molar-refractivity contribution in [3.05, 3.63) is 24.0 Å². The van der Waals surface area contributed by atoms with Crippen LogP contribution in [0.3, 0.4) is 0 Å². The van der Waals surface area contributed by atoms with Crippen molar-refractivity contribution in [2.75, 3.05) is 0 Å². The highest BCUT2D eigenvalue weighted by Gasteiger charge is 2.30. The van der Waals surface area contributed by atoms with Gasteiger partial charge in [-0.1, -0.05) is 0 Å². The van der Waals surface area contributed by atoms with Crippen LogP contribution in [0, 0.1) is 5.92 Å². The molecule has 6 nitrogen and oxygen atoms in total. The standard InChI is InChI=1S/C13H17N3O3/c1-16-11(6-7-14-16)4-5-12(17)15-10-3-2-9(8-10)13(18)19/h4-7,9-10H,2-3,8H2,1H3,(H,15,17)(H,18,19)/b5-4-/t9-,10+/m0/s1. The fourth-order valence-corrected chi connectivity index (χ4v) is 2.29. The number of carboxylic acid groups (broad SMARTS) is 1. The minimum atomic E-state index is -0.776. The molecule has 2 atom stereocenters. The van der Waals surface area contributed by atoms with Crippen LogP contribution in [-0.4, -0.2) is 32.8 Å². The molecule has 0 spiro atoms. The first-order valence-electron chi connectivity index (χ1n) is 6.25. The second kappa shape index (κ2) is 5.69. The fourth-order valence-electron chi connectivity index (χ4n) is 2.29. The van der Waals surface area contributed by atoms with Crippen LogP contribution in [0.15, 0.2) is 18.3 Å². The Morgan fingerprint density at radius 2 is 2.32 bits per heavy atom. The summed E-state index contributed by atoms with van der Waals surface area (Å²) < 4.78 is 1.67. The van der Waals surface area contributed by atoms with Gasteiger partial charge in [-0.25, -0.2) is 0 Å². The summed E-state index contributed by atoms with van der Waals surface area (Å²) in [5.41, 5.74) is 0.838. The number of nitrogens with one attached hydrogen (secondary N) is 1. The fraction of sp³-hybridized carbons (Fsp3) is 0.462. The Morgan fingerprint density at radius 3 is 2.89 bits per heavy atom. The molecule has 19 heavy (non-hydrogen) atoms. The lowest BCUT2D eigenvalue weighted by atomic mass is 10.1. The first kappa shape index (κ1) is 13.3. The Bertz CT molecular complexity index is 507. The molecule has 6 heteroatoms. The van der Waals surface area contributed by atoms with Gasteiger partial charge < -0.3 is 10.4 Å². The van der Waals surface area contributed by atoms with Crippen LogP contribution in [0.1, 0.15) is 25.0 Å². The van der Waals surface area contributed by atoms with Crippen molar-refractivity contribution in [3.8, 4) is 0 Å². The van der Waals surface area contributed by atoms with E-state index in [2.05, 4.69) is 10.4 Å². The molecule has 1 aliphatic carbocycles. The number of carboxylic acids is 1. The maximum atomic E-state index is 11.7. The SMILES string of the molecule is Cn1nccc1/C=C\C(=O)N[C@@H]1CC[C@H](C(=O)O)C1. The highest BCUT2D eigenvalue weighted by Crippen LogP contribution is 2.25. The molecule has 0 saturated heterocycles. The summed E-state index contributed by atoms with van der Waals surface area (Å²) >= 11 is 0. The molecule has 1 aromatic heterocycles. The lowest BCUT2D eigenvalue weighted by Crippen LogP contribution is -2.31. The molecule has 0 aliphatic heterocycles. The number of rotatable bonds is 4. The second-order valence-corrected chi connectivity index (χ2v) is 4.77. The average molecular weight is 263 g/mol. The molecule has 1 amide bonds. The molecule has 2 rings (SSSR count). The molecular weight excluding hydrogens is 246 g/mol. The van der Waals surface area contributed by atoms with E-state index in [1.165, 1.54) is 6.08 Å². The smallest absolute Gasteiger partial charge is 0.306 e. The number of aromatic nitrogens is 2. The zero-order valence-corrected chi connectivity index (χ0v) is 10.7. The van der Waals surface area contributed by atoms with E-state index in [9.17, 15) is 9.59 Å². The summed E-state index contributed by atoms with van der Waals surface area (Å²) in [5, 5.41) is 15.7. The molecule has 0 radical (unpaired) electrons. The van der Waals surface area contributed by atoms with Crippen molar-refractivity contribution >= 4 is 18.0 Å². The van der Waals surface area contributed by atoms with Crippen molar-refractivity contribution < 1.29 is 14.7 Å².